The Kier molecular flexibility index (Phi) is 6.51. The quantitative estimate of drug-likeness (QED) is 0.599. The molecule has 1 nitrogen and oxygen atoms in total. The van der Waals surface area contributed by atoms with Crippen LogP contribution in [-0.2, 0) is 4.74 Å². The minimum absolute atomic E-state index is 0.108. The van der Waals surface area contributed by atoms with Gasteiger partial charge >= 0.3 is 0 Å². The molecular weight excluding hydrogens is 184 g/mol. The van der Waals surface area contributed by atoms with E-state index in [0.717, 1.165) is 6.42 Å². The molecule has 0 amide bonds. The van der Waals surface area contributed by atoms with Gasteiger partial charge in [-0.05, 0) is 44.9 Å². The van der Waals surface area contributed by atoms with Crippen molar-refractivity contribution < 1.29 is 4.74 Å². The molecule has 92 valence electrons. The molecule has 1 heteroatoms. The molecule has 0 radical (unpaired) electrons. The van der Waals surface area contributed by atoms with Crippen molar-refractivity contribution in [1.29, 1.82) is 0 Å². The maximum Gasteiger partial charge on any atom is 0.0688 e. The van der Waals surface area contributed by atoms with E-state index in [4.69, 9.17) is 4.74 Å². The smallest absolute Gasteiger partial charge is 0.0688 e. The number of hydrogen-bond acceptors (Lipinski definition) is 1. The fourth-order valence-electron chi connectivity index (χ4n) is 2.54. The van der Waals surface area contributed by atoms with E-state index < -0.39 is 0 Å². The van der Waals surface area contributed by atoms with Crippen LogP contribution in [-0.4, -0.2) is 11.7 Å². The normalized spacial score (nSPS) is 13.2. The molecule has 0 aliphatic rings. The van der Waals surface area contributed by atoms with E-state index in [0.29, 0.717) is 17.9 Å². The molecule has 15 heavy (non-hydrogen) atoms. The lowest BCUT2D eigenvalue weighted by atomic mass is 9.82. The Morgan fingerprint density at radius 3 is 1.47 bits per heavy atom. The summed E-state index contributed by atoms with van der Waals surface area (Å²) in [4.78, 5) is 0. The number of hydrogen-bond donors (Lipinski definition) is 0. The highest BCUT2D eigenvalue weighted by Crippen LogP contribution is 2.33. The molecule has 0 aromatic rings. The highest BCUT2D eigenvalue weighted by atomic mass is 16.5. The third-order valence-electron chi connectivity index (χ3n) is 2.69. The summed E-state index contributed by atoms with van der Waals surface area (Å²) in [7, 11) is 0. The Morgan fingerprint density at radius 1 is 0.867 bits per heavy atom. The van der Waals surface area contributed by atoms with Crippen molar-refractivity contribution in [2.45, 2.75) is 79.4 Å². The summed E-state index contributed by atoms with van der Waals surface area (Å²) in [6.07, 6.45) is 3.82. The first-order valence-corrected chi connectivity index (χ1v) is 6.49. The molecule has 0 bridgehead atoms. The van der Waals surface area contributed by atoms with Gasteiger partial charge in [0, 0.05) is 0 Å². The third-order valence-corrected chi connectivity index (χ3v) is 2.69. The van der Waals surface area contributed by atoms with E-state index in [1.54, 1.807) is 0 Å². The zero-order chi connectivity index (χ0) is 12.1. The Balaban J connectivity index is 4.59. The first kappa shape index (κ1) is 15.0. The molecule has 0 unspecified atom stereocenters. The third kappa shape index (κ3) is 6.19. The second kappa shape index (κ2) is 6.52. The monoisotopic (exact) mass is 214 g/mol. The van der Waals surface area contributed by atoms with Gasteiger partial charge in [0.1, 0.15) is 0 Å². The fourth-order valence-corrected chi connectivity index (χ4v) is 2.54. The standard InChI is InChI=1S/C14H30O/c1-8-14(9-11(2)3,10-12(4)5)15-13(6)7/h11-13H,8-10H2,1-7H3. The Hall–Kier alpha value is -0.0400. The first-order chi connectivity index (χ1) is 6.81. The van der Waals surface area contributed by atoms with Crippen LogP contribution in [0.3, 0.4) is 0 Å². The molecule has 0 N–H and O–H groups in total. The van der Waals surface area contributed by atoms with E-state index in [-0.39, 0.29) is 5.60 Å². The van der Waals surface area contributed by atoms with E-state index in [2.05, 4.69) is 48.5 Å². The minimum atomic E-state index is 0.108. The van der Waals surface area contributed by atoms with Crippen LogP contribution in [0.5, 0.6) is 0 Å². The molecule has 0 aliphatic carbocycles. The average molecular weight is 214 g/mol. The summed E-state index contributed by atoms with van der Waals surface area (Å²) in [5, 5.41) is 0. The Labute approximate surface area is 96.6 Å². The van der Waals surface area contributed by atoms with Crippen molar-refractivity contribution in [2.75, 3.05) is 0 Å². The summed E-state index contributed by atoms with van der Waals surface area (Å²) in [6.45, 7) is 15.7. The molecule has 0 heterocycles. The van der Waals surface area contributed by atoms with Gasteiger partial charge in [0.25, 0.3) is 0 Å². The van der Waals surface area contributed by atoms with Crippen LogP contribution in [0.1, 0.15) is 67.7 Å². The minimum Gasteiger partial charge on any atom is -0.372 e. The summed E-state index contributed by atoms with van der Waals surface area (Å²) >= 11 is 0. The molecule has 0 atom stereocenters. The lowest BCUT2D eigenvalue weighted by Crippen LogP contribution is -2.37. The molecule has 0 rings (SSSR count). The van der Waals surface area contributed by atoms with Gasteiger partial charge in [-0.2, -0.15) is 0 Å². The van der Waals surface area contributed by atoms with Crippen molar-refractivity contribution >= 4 is 0 Å². The first-order valence-electron chi connectivity index (χ1n) is 6.49. The SMILES string of the molecule is CCC(CC(C)C)(CC(C)C)OC(C)C. The molecule has 0 aromatic carbocycles. The molecule has 0 saturated heterocycles. The summed E-state index contributed by atoms with van der Waals surface area (Å²) < 4.78 is 6.21. The number of ether oxygens (including phenoxy) is 1. The van der Waals surface area contributed by atoms with Crippen LogP contribution in [0, 0.1) is 11.8 Å². The Morgan fingerprint density at radius 2 is 1.27 bits per heavy atom. The lowest BCUT2D eigenvalue weighted by Gasteiger charge is -2.38. The molecule has 0 spiro atoms. The molecule has 0 aliphatic heterocycles. The Bertz CT molecular complexity index is 132. The van der Waals surface area contributed by atoms with Crippen LogP contribution in [0.25, 0.3) is 0 Å². The van der Waals surface area contributed by atoms with Crippen molar-refractivity contribution in [1.82, 2.24) is 0 Å². The van der Waals surface area contributed by atoms with Crippen LogP contribution in [0.2, 0.25) is 0 Å². The fraction of sp³-hybridized carbons (Fsp3) is 1.00. The van der Waals surface area contributed by atoms with Crippen molar-refractivity contribution in [3.8, 4) is 0 Å². The van der Waals surface area contributed by atoms with Gasteiger partial charge in [-0.3, -0.25) is 0 Å². The van der Waals surface area contributed by atoms with Gasteiger partial charge in [0.2, 0.25) is 0 Å². The maximum absolute atomic E-state index is 6.21. The summed E-state index contributed by atoms with van der Waals surface area (Å²) in [5.74, 6) is 1.42. The average Bonchev–Trinajstić information content (AvgIpc) is 1.99. The van der Waals surface area contributed by atoms with Gasteiger partial charge in [-0.1, -0.05) is 34.6 Å². The van der Waals surface area contributed by atoms with Crippen molar-refractivity contribution in [3.05, 3.63) is 0 Å². The van der Waals surface area contributed by atoms with Crippen LogP contribution in [0.15, 0.2) is 0 Å². The highest BCUT2D eigenvalue weighted by Gasteiger charge is 2.31. The van der Waals surface area contributed by atoms with E-state index in [1.807, 2.05) is 0 Å². The predicted octanol–water partition coefficient (Wildman–Crippen LogP) is 4.65. The van der Waals surface area contributed by atoms with Gasteiger partial charge in [0.05, 0.1) is 11.7 Å². The largest absolute Gasteiger partial charge is 0.372 e. The van der Waals surface area contributed by atoms with Crippen LogP contribution < -0.4 is 0 Å². The predicted molar refractivity (Wildman–Crippen MR) is 68.2 cm³/mol. The highest BCUT2D eigenvalue weighted by molar-refractivity contribution is 4.82. The summed E-state index contributed by atoms with van der Waals surface area (Å²) in [5.41, 5.74) is 0.108. The molecule has 0 aromatic heterocycles. The zero-order valence-electron chi connectivity index (χ0n) is 11.8. The second-order valence-corrected chi connectivity index (χ2v) is 5.90. The van der Waals surface area contributed by atoms with Gasteiger partial charge < -0.3 is 4.74 Å². The van der Waals surface area contributed by atoms with Gasteiger partial charge in [0.15, 0.2) is 0 Å². The van der Waals surface area contributed by atoms with Crippen LogP contribution >= 0.6 is 0 Å². The van der Waals surface area contributed by atoms with E-state index in [9.17, 15) is 0 Å². The topological polar surface area (TPSA) is 9.23 Å². The second-order valence-electron chi connectivity index (χ2n) is 5.90. The lowest BCUT2D eigenvalue weighted by molar-refractivity contribution is -0.105. The molecule has 0 saturated carbocycles. The number of rotatable bonds is 7. The van der Waals surface area contributed by atoms with E-state index in [1.165, 1.54) is 12.8 Å². The van der Waals surface area contributed by atoms with Gasteiger partial charge in [-0.15, -0.1) is 0 Å². The molecule has 0 fully saturated rings. The zero-order valence-corrected chi connectivity index (χ0v) is 11.8. The van der Waals surface area contributed by atoms with E-state index >= 15 is 0 Å². The van der Waals surface area contributed by atoms with Crippen molar-refractivity contribution in [2.24, 2.45) is 11.8 Å². The van der Waals surface area contributed by atoms with Gasteiger partial charge in [-0.25, -0.2) is 0 Å². The van der Waals surface area contributed by atoms with Crippen LogP contribution in [0.4, 0.5) is 0 Å². The molecular formula is C14H30O. The van der Waals surface area contributed by atoms with Crippen molar-refractivity contribution in [3.63, 3.8) is 0 Å². The summed E-state index contributed by atoms with van der Waals surface area (Å²) in [6, 6.07) is 0. The maximum atomic E-state index is 6.21.